The summed E-state index contributed by atoms with van der Waals surface area (Å²) in [5.41, 5.74) is 4.12. The van der Waals surface area contributed by atoms with Gasteiger partial charge in [0.1, 0.15) is 0 Å². The molecular weight excluding hydrogens is 374 g/mol. The molecule has 0 saturated carbocycles. The fourth-order valence-corrected chi connectivity index (χ4v) is 3.44. The van der Waals surface area contributed by atoms with Gasteiger partial charge in [-0.2, -0.15) is 0 Å². The van der Waals surface area contributed by atoms with Gasteiger partial charge in [0.15, 0.2) is 6.10 Å². The minimum absolute atomic E-state index is 0.0901. The van der Waals surface area contributed by atoms with Crippen LogP contribution in [0, 0.1) is 0 Å². The number of hydrogen-bond acceptors (Lipinski definition) is 4. The van der Waals surface area contributed by atoms with Crippen LogP contribution >= 0.6 is 11.6 Å². The minimum Gasteiger partial charge on any atom is -0.390 e. The summed E-state index contributed by atoms with van der Waals surface area (Å²) < 4.78 is 0. The highest BCUT2D eigenvalue weighted by molar-refractivity contribution is 6.30. The van der Waals surface area contributed by atoms with Gasteiger partial charge in [0, 0.05) is 44.2 Å². The van der Waals surface area contributed by atoms with E-state index in [1.54, 1.807) is 0 Å². The maximum atomic E-state index is 12.4. The second-order valence-corrected chi connectivity index (χ2v) is 7.60. The molecule has 0 radical (unpaired) electrons. The summed E-state index contributed by atoms with van der Waals surface area (Å²) in [5.74, 6) is 0.0901. The lowest BCUT2D eigenvalue weighted by Gasteiger charge is -2.24. The van der Waals surface area contributed by atoms with Gasteiger partial charge < -0.3 is 14.6 Å². The molecule has 28 heavy (non-hydrogen) atoms. The zero-order chi connectivity index (χ0) is 20.1. The van der Waals surface area contributed by atoms with E-state index in [2.05, 4.69) is 34.3 Å². The van der Waals surface area contributed by atoms with Crippen LogP contribution in [0.25, 0.3) is 0 Å². The van der Waals surface area contributed by atoms with Crippen molar-refractivity contribution in [1.29, 1.82) is 0 Å². The molecule has 148 valence electrons. The molecule has 2 aromatic rings. The van der Waals surface area contributed by atoms with Crippen LogP contribution in [-0.2, 0) is 16.2 Å². The Morgan fingerprint density at radius 3 is 2.61 bits per heavy atom. The highest BCUT2D eigenvalue weighted by Gasteiger charge is 2.26. The van der Waals surface area contributed by atoms with E-state index >= 15 is 0 Å². The van der Waals surface area contributed by atoms with Gasteiger partial charge in [0.25, 0.3) is 0 Å². The third-order valence-electron chi connectivity index (χ3n) is 4.79. The van der Waals surface area contributed by atoms with E-state index in [-0.39, 0.29) is 12.0 Å². The second kappa shape index (κ2) is 9.11. The minimum atomic E-state index is -0.141. The van der Waals surface area contributed by atoms with Crippen molar-refractivity contribution in [1.82, 2.24) is 4.90 Å². The third kappa shape index (κ3) is 5.04. The van der Waals surface area contributed by atoms with Gasteiger partial charge in [-0.15, -0.1) is 0 Å². The quantitative estimate of drug-likeness (QED) is 0.695. The van der Waals surface area contributed by atoms with Gasteiger partial charge in [-0.1, -0.05) is 47.9 Å². The van der Waals surface area contributed by atoms with E-state index < -0.39 is 0 Å². The van der Waals surface area contributed by atoms with Gasteiger partial charge in [-0.25, -0.2) is 0 Å². The Kier molecular flexibility index (Phi) is 6.57. The normalized spacial score (nSPS) is 15.7. The number of rotatable bonds is 7. The number of carbonyl (C=O) groups is 1. The van der Waals surface area contributed by atoms with Crippen molar-refractivity contribution in [3.63, 3.8) is 0 Å². The fraction of sp³-hybridized carbons (Fsp3) is 0.364. The standard InChI is InChI=1S/C22H26ClN3O2/c1-4-22(27)26(14-16-6-5-7-18(23)12-16)15-20-13-21(24-28-20)17-8-10-19(11-9-17)25(2)3/h5-12,20H,4,13-15H2,1-3H3. The average molecular weight is 400 g/mol. The molecule has 0 saturated heterocycles. The highest BCUT2D eigenvalue weighted by atomic mass is 35.5. The molecule has 2 aromatic carbocycles. The topological polar surface area (TPSA) is 45.1 Å². The van der Waals surface area contributed by atoms with E-state index in [0.717, 1.165) is 22.5 Å². The Hall–Kier alpha value is -2.53. The molecular formula is C22H26ClN3O2. The Morgan fingerprint density at radius 1 is 1.21 bits per heavy atom. The monoisotopic (exact) mass is 399 g/mol. The molecule has 1 heterocycles. The first kappa shape index (κ1) is 20.2. The molecule has 1 unspecified atom stereocenters. The summed E-state index contributed by atoms with van der Waals surface area (Å²) in [6.45, 7) is 2.89. The molecule has 0 spiro atoms. The molecule has 0 aromatic heterocycles. The first-order chi connectivity index (χ1) is 13.5. The van der Waals surface area contributed by atoms with E-state index in [9.17, 15) is 4.79 Å². The van der Waals surface area contributed by atoms with Crippen molar-refractivity contribution in [2.45, 2.75) is 32.4 Å². The Bertz CT molecular complexity index is 849. The average Bonchev–Trinajstić information content (AvgIpc) is 3.15. The molecule has 3 rings (SSSR count). The molecule has 1 atom stereocenters. The van der Waals surface area contributed by atoms with Crippen LogP contribution in [0.4, 0.5) is 5.69 Å². The van der Waals surface area contributed by atoms with Gasteiger partial charge >= 0.3 is 0 Å². The zero-order valence-electron chi connectivity index (χ0n) is 16.6. The Morgan fingerprint density at radius 2 is 1.96 bits per heavy atom. The van der Waals surface area contributed by atoms with Crippen LogP contribution in [0.5, 0.6) is 0 Å². The maximum Gasteiger partial charge on any atom is 0.222 e. The SMILES string of the molecule is CCC(=O)N(Cc1cccc(Cl)c1)CC1CC(c2ccc(N(C)C)cc2)=NO1. The fourth-order valence-electron chi connectivity index (χ4n) is 3.23. The number of nitrogens with zero attached hydrogens (tertiary/aromatic N) is 3. The predicted molar refractivity (Wildman–Crippen MR) is 114 cm³/mol. The molecule has 5 nitrogen and oxygen atoms in total. The summed E-state index contributed by atoms with van der Waals surface area (Å²) in [6, 6.07) is 15.8. The van der Waals surface area contributed by atoms with Crippen LogP contribution in [0.15, 0.2) is 53.7 Å². The predicted octanol–water partition coefficient (Wildman–Crippen LogP) is 4.34. The molecule has 1 aliphatic heterocycles. The van der Waals surface area contributed by atoms with Crippen molar-refractivity contribution in [3.05, 3.63) is 64.7 Å². The summed E-state index contributed by atoms with van der Waals surface area (Å²) >= 11 is 6.08. The second-order valence-electron chi connectivity index (χ2n) is 7.17. The lowest BCUT2D eigenvalue weighted by molar-refractivity contribution is -0.133. The van der Waals surface area contributed by atoms with Crippen molar-refractivity contribution in [3.8, 4) is 0 Å². The number of anilines is 1. The van der Waals surface area contributed by atoms with Crippen LogP contribution in [0.2, 0.25) is 5.02 Å². The van der Waals surface area contributed by atoms with E-state index in [0.29, 0.717) is 31.0 Å². The van der Waals surface area contributed by atoms with Crippen molar-refractivity contribution in [2.24, 2.45) is 5.16 Å². The van der Waals surface area contributed by atoms with Gasteiger partial charge in [0.2, 0.25) is 5.91 Å². The molecule has 1 aliphatic rings. The number of amides is 1. The third-order valence-corrected chi connectivity index (χ3v) is 5.03. The molecule has 0 bridgehead atoms. The Balaban J connectivity index is 1.64. The molecule has 0 fully saturated rings. The number of halogens is 1. The first-order valence-electron chi connectivity index (χ1n) is 9.49. The number of benzene rings is 2. The summed E-state index contributed by atoms with van der Waals surface area (Å²) in [5, 5.41) is 4.94. The van der Waals surface area contributed by atoms with Crippen molar-refractivity contribution < 1.29 is 9.63 Å². The Labute approximate surface area is 171 Å². The van der Waals surface area contributed by atoms with Crippen molar-refractivity contribution >= 4 is 28.9 Å². The van der Waals surface area contributed by atoms with E-state index in [1.165, 1.54) is 0 Å². The first-order valence-corrected chi connectivity index (χ1v) is 9.86. The van der Waals surface area contributed by atoms with Gasteiger partial charge in [0.05, 0.1) is 12.3 Å². The largest absolute Gasteiger partial charge is 0.390 e. The van der Waals surface area contributed by atoms with Gasteiger partial charge in [-0.05, 0) is 35.4 Å². The zero-order valence-corrected chi connectivity index (χ0v) is 17.3. The lowest BCUT2D eigenvalue weighted by atomic mass is 10.0. The number of hydrogen-bond donors (Lipinski definition) is 0. The van der Waals surface area contributed by atoms with Crippen LogP contribution in [-0.4, -0.2) is 43.3 Å². The van der Waals surface area contributed by atoms with Crippen LogP contribution in [0.3, 0.4) is 0 Å². The number of carbonyl (C=O) groups excluding carboxylic acids is 1. The van der Waals surface area contributed by atoms with E-state index in [4.69, 9.17) is 16.4 Å². The summed E-state index contributed by atoms with van der Waals surface area (Å²) in [4.78, 5) is 22.0. The molecule has 6 heteroatoms. The van der Waals surface area contributed by atoms with Crippen LogP contribution < -0.4 is 4.90 Å². The smallest absolute Gasteiger partial charge is 0.222 e. The van der Waals surface area contributed by atoms with E-state index in [1.807, 2.05) is 50.2 Å². The molecule has 1 amide bonds. The van der Waals surface area contributed by atoms with Gasteiger partial charge in [-0.3, -0.25) is 4.79 Å². The van der Waals surface area contributed by atoms with Crippen molar-refractivity contribution in [2.75, 3.05) is 25.5 Å². The molecule has 0 aliphatic carbocycles. The highest BCUT2D eigenvalue weighted by Crippen LogP contribution is 2.21. The lowest BCUT2D eigenvalue weighted by Crippen LogP contribution is -2.36. The summed E-state index contributed by atoms with van der Waals surface area (Å²) in [6.07, 6.45) is 0.996. The number of oxime groups is 1. The molecule has 0 N–H and O–H groups in total. The summed E-state index contributed by atoms with van der Waals surface area (Å²) in [7, 11) is 4.03. The maximum absolute atomic E-state index is 12.4. The van der Waals surface area contributed by atoms with Crippen LogP contribution in [0.1, 0.15) is 30.9 Å².